The van der Waals surface area contributed by atoms with Crippen LogP contribution in [0.25, 0.3) is 11.3 Å². The van der Waals surface area contributed by atoms with E-state index >= 15 is 0 Å². The van der Waals surface area contributed by atoms with Gasteiger partial charge in [-0.25, -0.2) is 9.97 Å². The minimum Gasteiger partial charge on any atom is -0.506 e. The summed E-state index contributed by atoms with van der Waals surface area (Å²) in [5.74, 6) is 0.900. The van der Waals surface area contributed by atoms with Crippen LogP contribution in [0.3, 0.4) is 0 Å². The Labute approximate surface area is 181 Å². The van der Waals surface area contributed by atoms with Gasteiger partial charge in [0, 0.05) is 12.0 Å². The Kier molecular flexibility index (Phi) is 6.22. The van der Waals surface area contributed by atoms with E-state index in [9.17, 15) is 5.11 Å². The first-order valence-corrected chi connectivity index (χ1v) is 10.2. The van der Waals surface area contributed by atoms with Crippen LogP contribution in [0, 0.1) is 0 Å². The molecule has 0 aliphatic heterocycles. The molecule has 0 fully saturated rings. The second-order valence-corrected chi connectivity index (χ2v) is 8.35. The number of phenolic OH excluding ortho intramolecular Hbond substituents is 1. The molecule has 0 bridgehead atoms. The predicted molar refractivity (Wildman–Crippen MR) is 113 cm³/mol. The predicted octanol–water partition coefficient (Wildman–Crippen LogP) is 6.39. The summed E-state index contributed by atoms with van der Waals surface area (Å²) in [6, 6.07) is 9.38. The number of aromatic hydroxyl groups is 1. The highest BCUT2D eigenvalue weighted by molar-refractivity contribution is 9.11. The summed E-state index contributed by atoms with van der Waals surface area (Å²) in [6.07, 6.45) is 2.14. The molecule has 0 atom stereocenters. The third kappa shape index (κ3) is 4.22. The van der Waals surface area contributed by atoms with Gasteiger partial charge in [-0.3, -0.25) is 0 Å². The van der Waals surface area contributed by atoms with Crippen LogP contribution in [0.1, 0.15) is 11.3 Å². The van der Waals surface area contributed by atoms with Crippen molar-refractivity contribution in [2.24, 2.45) is 0 Å². The lowest BCUT2D eigenvalue weighted by atomic mass is 10.1. The van der Waals surface area contributed by atoms with Crippen molar-refractivity contribution in [2.45, 2.75) is 6.42 Å². The van der Waals surface area contributed by atoms with E-state index in [1.54, 1.807) is 25.4 Å². The molecule has 26 heavy (non-hydrogen) atoms. The van der Waals surface area contributed by atoms with Crippen molar-refractivity contribution in [1.29, 1.82) is 0 Å². The maximum absolute atomic E-state index is 9.87. The van der Waals surface area contributed by atoms with Gasteiger partial charge in [0.15, 0.2) is 5.15 Å². The van der Waals surface area contributed by atoms with E-state index in [1.165, 1.54) is 0 Å². The molecule has 0 saturated heterocycles. The van der Waals surface area contributed by atoms with Crippen molar-refractivity contribution in [3.63, 3.8) is 0 Å². The van der Waals surface area contributed by atoms with Gasteiger partial charge in [0.2, 0.25) is 0 Å². The van der Waals surface area contributed by atoms with Gasteiger partial charge < -0.3 is 9.84 Å². The second kappa shape index (κ2) is 8.25. The molecule has 0 aliphatic carbocycles. The van der Waals surface area contributed by atoms with Gasteiger partial charge >= 0.3 is 0 Å². The molecular formula is C18H12Br3ClN2O2. The smallest absolute Gasteiger partial charge is 0.150 e. The molecule has 1 aromatic heterocycles. The third-order valence-electron chi connectivity index (χ3n) is 3.69. The Balaban J connectivity index is 1.97. The Morgan fingerprint density at radius 2 is 1.77 bits per heavy atom. The largest absolute Gasteiger partial charge is 0.506 e. The number of halogens is 4. The minimum absolute atomic E-state index is 0.138. The molecule has 0 radical (unpaired) electrons. The monoisotopic (exact) mass is 560 g/mol. The van der Waals surface area contributed by atoms with Gasteiger partial charge in [0.1, 0.15) is 11.5 Å². The summed E-state index contributed by atoms with van der Waals surface area (Å²) in [5.41, 5.74) is 3.17. The van der Waals surface area contributed by atoms with Crippen LogP contribution in [0.4, 0.5) is 0 Å². The summed E-state index contributed by atoms with van der Waals surface area (Å²) in [6.45, 7) is 0. The van der Waals surface area contributed by atoms with Crippen molar-refractivity contribution >= 4 is 59.4 Å². The Bertz CT molecular complexity index is 960. The maximum atomic E-state index is 9.87. The number of rotatable bonds is 4. The van der Waals surface area contributed by atoms with Crippen molar-refractivity contribution < 1.29 is 9.84 Å². The number of phenols is 1. The van der Waals surface area contributed by atoms with Crippen LogP contribution in [0.2, 0.25) is 5.15 Å². The third-order valence-corrected chi connectivity index (χ3v) is 5.84. The molecule has 1 heterocycles. The Morgan fingerprint density at radius 3 is 2.38 bits per heavy atom. The number of aromatic nitrogens is 2. The van der Waals surface area contributed by atoms with Gasteiger partial charge in [-0.15, -0.1) is 0 Å². The van der Waals surface area contributed by atoms with Crippen molar-refractivity contribution in [1.82, 2.24) is 9.97 Å². The normalized spacial score (nSPS) is 10.8. The van der Waals surface area contributed by atoms with E-state index in [-0.39, 0.29) is 5.75 Å². The fraction of sp³-hybridized carbons (Fsp3) is 0.111. The molecule has 0 amide bonds. The number of hydrogen-bond acceptors (Lipinski definition) is 4. The molecule has 0 unspecified atom stereocenters. The van der Waals surface area contributed by atoms with Gasteiger partial charge in [0.25, 0.3) is 0 Å². The Hall–Kier alpha value is -1.15. The fourth-order valence-corrected chi connectivity index (χ4v) is 4.32. The quantitative estimate of drug-likeness (QED) is 0.400. The first-order chi connectivity index (χ1) is 12.4. The van der Waals surface area contributed by atoms with E-state index < -0.39 is 0 Å². The lowest BCUT2D eigenvalue weighted by Crippen LogP contribution is -1.99. The zero-order chi connectivity index (χ0) is 18.8. The number of methoxy groups -OCH3 is 1. The summed E-state index contributed by atoms with van der Waals surface area (Å²) < 4.78 is 7.26. The Morgan fingerprint density at radius 1 is 1.08 bits per heavy atom. The first kappa shape index (κ1) is 19.6. The molecule has 3 rings (SSSR count). The van der Waals surface area contributed by atoms with Crippen LogP contribution in [-0.4, -0.2) is 22.2 Å². The summed E-state index contributed by atoms with van der Waals surface area (Å²) >= 11 is 16.4. The fourth-order valence-electron chi connectivity index (χ4n) is 2.39. The van der Waals surface area contributed by atoms with E-state index in [0.29, 0.717) is 31.9 Å². The second-order valence-electron chi connectivity index (χ2n) is 5.43. The van der Waals surface area contributed by atoms with Gasteiger partial charge in [-0.05, 0) is 77.6 Å². The standard InChI is InChI=1S/C18H12Br3ClN2O2/c1-26-16-3-2-9(4-11(16)19)5-14-18(22)23-8-15(24-14)10-6-12(20)17(25)13(21)7-10/h2-4,6-8,25H,5H2,1H3. The zero-order valence-electron chi connectivity index (χ0n) is 13.4. The molecule has 0 aliphatic rings. The molecule has 134 valence electrons. The van der Waals surface area contributed by atoms with Crippen molar-refractivity contribution in [2.75, 3.05) is 7.11 Å². The average molecular weight is 563 g/mol. The highest BCUT2D eigenvalue weighted by Crippen LogP contribution is 2.36. The molecule has 8 heteroatoms. The van der Waals surface area contributed by atoms with Gasteiger partial charge in [0.05, 0.1) is 38.1 Å². The SMILES string of the molecule is COc1ccc(Cc2nc(-c3cc(Br)c(O)c(Br)c3)cnc2Cl)cc1Br. The van der Waals surface area contributed by atoms with Gasteiger partial charge in [-0.2, -0.15) is 0 Å². The lowest BCUT2D eigenvalue weighted by Gasteiger charge is -2.10. The molecular weight excluding hydrogens is 551 g/mol. The summed E-state index contributed by atoms with van der Waals surface area (Å²) in [7, 11) is 1.62. The molecule has 0 spiro atoms. The maximum Gasteiger partial charge on any atom is 0.150 e. The molecule has 4 nitrogen and oxygen atoms in total. The summed E-state index contributed by atoms with van der Waals surface area (Å²) in [4.78, 5) is 8.92. The number of nitrogens with zero attached hydrogens (tertiary/aromatic N) is 2. The number of benzene rings is 2. The average Bonchev–Trinajstić information content (AvgIpc) is 2.61. The van der Waals surface area contributed by atoms with Crippen LogP contribution >= 0.6 is 59.4 Å². The summed E-state index contributed by atoms with van der Waals surface area (Å²) in [5, 5.41) is 10.2. The highest BCUT2D eigenvalue weighted by atomic mass is 79.9. The van der Waals surface area contributed by atoms with Crippen LogP contribution in [0.15, 0.2) is 49.9 Å². The van der Waals surface area contributed by atoms with E-state index in [0.717, 1.165) is 21.3 Å². The van der Waals surface area contributed by atoms with Gasteiger partial charge in [-0.1, -0.05) is 17.7 Å². The van der Waals surface area contributed by atoms with E-state index in [2.05, 4.69) is 57.8 Å². The molecule has 3 aromatic rings. The van der Waals surface area contributed by atoms with Crippen molar-refractivity contribution in [3.05, 3.63) is 66.4 Å². The van der Waals surface area contributed by atoms with E-state index in [1.807, 2.05) is 18.2 Å². The topological polar surface area (TPSA) is 55.2 Å². The first-order valence-electron chi connectivity index (χ1n) is 7.41. The molecule has 2 aromatic carbocycles. The minimum atomic E-state index is 0.138. The number of ether oxygens (including phenoxy) is 1. The lowest BCUT2D eigenvalue weighted by molar-refractivity contribution is 0.412. The zero-order valence-corrected chi connectivity index (χ0v) is 18.9. The molecule has 1 N–H and O–H groups in total. The number of hydrogen-bond donors (Lipinski definition) is 1. The molecule has 0 saturated carbocycles. The van der Waals surface area contributed by atoms with Crippen molar-refractivity contribution in [3.8, 4) is 22.8 Å². The van der Waals surface area contributed by atoms with Crippen LogP contribution < -0.4 is 4.74 Å². The van der Waals surface area contributed by atoms with E-state index in [4.69, 9.17) is 16.3 Å². The van der Waals surface area contributed by atoms with Crippen LogP contribution in [-0.2, 0) is 6.42 Å². The van der Waals surface area contributed by atoms with Crippen LogP contribution in [0.5, 0.6) is 11.5 Å². The highest BCUT2D eigenvalue weighted by Gasteiger charge is 2.13.